The number of halogens is 1. The fraction of sp³-hybridized carbons (Fsp3) is 0.273. The van der Waals surface area contributed by atoms with Crippen molar-refractivity contribution in [3.05, 3.63) is 82.2 Å². The van der Waals surface area contributed by atoms with Gasteiger partial charge in [0.25, 0.3) is 11.6 Å². The number of nitrogens with zero attached hydrogens (tertiary/aromatic N) is 3. The number of nitro groups is 1. The second kappa shape index (κ2) is 8.06. The summed E-state index contributed by atoms with van der Waals surface area (Å²) in [6, 6.07) is 10.9. The lowest BCUT2D eigenvalue weighted by molar-refractivity contribution is -0.385. The van der Waals surface area contributed by atoms with Crippen molar-refractivity contribution in [2.75, 3.05) is 7.05 Å². The van der Waals surface area contributed by atoms with Crippen LogP contribution < -0.4 is 0 Å². The molecule has 1 fully saturated rings. The molecule has 0 spiro atoms. The maximum absolute atomic E-state index is 13.9. The van der Waals surface area contributed by atoms with E-state index in [1.165, 1.54) is 9.80 Å². The Morgan fingerprint density at radius 2 is 1.83 bits per heavy atom. The summed E-state index contributed by atoms with van der Waals surface area (Å²) in [6.45, 7) is 7.66. The zero-order valence-electron chi connectivity index (χ0n) is 16.9. The molecule has 0 bridgehead atoms. The normalized spacial score (nSPS) is 18.8. The summed E-state index contributed by atoms with van der Waals surface area (Å²) < 4.78 is 13.9. The van der Waals surface area contributed by atoms with E-state index in [4.69, 9.17) is 0 Å². The predicted molar refractivity (Wildman–Crippen MR) is 110 cm³/mol. The van der Waals surface area contributed by atoms with Crippen molar-refractivity contribution in [1.82, 2.24) is 9.80 Å². The number of hydrogen-bond acceptors (Lipinski definition) is 4. The van der Waals surface area contributed by atoms with Crippen molar-refractivity contribution in [1.29, 1.82) is 0 Å². The van der Waals surface area contributed by atoms with Crippen LogP contribution in [0.2, 0.25) is 0 Å². The molecular weight excluding hydrogens is 389 g/mol. The molecule has 2 amide bonds. The molecule has 0 aromatic heterocycles. The zero-order chi connectivity index (χ0) is 22.2. The van der Waals surface area contributed by atoms with Gasteiger partial charge < -0.3 is 9.80 Å². The molecule has 1 aliphatic rings. The molecule has 1 aliphatic heterocycles. The van der Waals surface area contributed by atoms with Gasteiger partial charge in [-0.25, -0.2) is 4.39 Å². The van der Waals surface area contributed by atoms with Crippen molar-refractivity contribution in [2.45, 2.75) is 26.1 Å². The Morgan fingerprint density at radius 1 is 1.20 bits per heavy atom. The quantitative estimate of drug-likeness (QED) is 0.555. The molecular formula is C22H22FN3O4. The highest BCUT2D eigenvalue weighted by molar-refractivity contribution is 6.04. The Labute approximate surface area is 173 Å². The number of likely N-dealkylation sites (N-methyl/N-ethyl adjacent to an activating group) is 1. The molecule has 0 aliphatic carbocycles. The van der Waals surface area contributed by atoms with Crippen molar-refractivity contribution in [3.8, 4) is 0 Å². The van der Waals surface area contributed by atoms with Gasteiger partial charge in [0.2, 0.25) is 5.91 Å². The minimum atomic E-state index is -0.865. The van der Waals surface area contributed by atoms with Crippen LogP contribution in [-0.4, -0.2) is 45.8 Å². The monoisotopic (exact) mass is 411 g/mol. The van der Waals surface area contributed by atoms with E-state index in [-0.39, 0.29) is 11.8 Å². The van der Waals surface area contributed by atoms with E-state index in [9.17, 15) is 24.1 Å². The summed E-state index contributed by atoms with van der Waals surface area (Å²) >= 11 is 0. The molecule has 2 aromatic rings. The smallest absolute Gasteiger partial charge is 0.282 e. The summed E-state index contributed by atoms with van der Waals surface area (Å²) in [7, 11) is 1.56. The third kappa shape index (κ3) is 3.56. The number of benzene rings is 2. The number of hydrogen-bond donors (Lipinski definition) is 0. The molecule has 156 valence electrons. The second-order valence-corrected chi connectivity index (χ2v) is 7.53. The van der Waals surface area contributed by atoms with E-state index >= 15 is 0 Å². The van der Waals surface area contributed by atoms with Crippen LogP contribution in [0.4, 0.5) is 10.1 Å². The standard InChI is InChI=1S/C22H22FN3O4/c1-13(2)19-22(28)24(4)20(14(3)15-8-6-5-7-9-15)25(19)21(27)17-12-16(23)10-11-18(17)26(29)30/h5-13,19-20H,3H2,1-2,4H3/t19-,20+/m0/s1. The van der Waals surface area contributed by atoms with Crippen LogP contribution in [0.25, 0.3) is 5.57 Å². The van der Waals surface area contributed by atoms with Crippen molar-refractivity contribution in [2.24, 2.45) is 5.92 Å². The van der Waals surface area contributed by atoms with Crippen LogP contribution >= 0.6 is 0 Å². The van der Waals surface area contributed by atoms with E-state index < -0.39 is 40.1 Å². The molecule has 0 N–H and O–H groups in total. The van der Waals surface area contributed by atoms with Gasteiger partial charge in [-0.15, -0.1) is 0 Å². The third-order valence-electron chi connectivity index (χ3n) is 5.24. The number of carbonyl (C=O) groups is 2. The second-order valence-electron chi connectivity index (χ2n) is 7.53. The van der Waals surface area contributed by atoms with Gasteiger partial charge in [-0.1, -0.05) is 50.8 Å². The summed E-state index contributed by atoms with van der Waals surface area (Å²) in [5.41, 5.74) is 0.287. The molecule has 30 heavy (non-hydrogen) atoms. The minimum absolute atomic E-state index is 0.273. The van der Waals surface area contributed by atoms with Crippen LogP contribution in [0, 0.1) is 21.8 Å². The topological polar surface area (TPSA) is 83.8 Å². The molecule has 1 saturated heterocycles. The third-order valence-corrected chi connectivity index (χ3v) is 5.24. The number of amides is 2. The lowest BCUT2D eigenvalue weighted by Crippen LogP contribution is -2.46. The largest absolute Gasteiger partial charge is 0.319 e. The summed E-state index contributed by atoms with van der Waals surface area (Å²) in [4.78, 5) is 39.9. The van der Waals surface area contributed by atoms with Gasteiger partial charge in [0.15, 0.2) is 0 Å². The zero-order valence-corrected chi connectivity index (χ0v) is 16.9. The first-order valence-corrected chi connectivity index (χ1v) is 9.42. The molecule has 8 heteroatoms. The molecule has 2 atom stereocenters. The maximum Gasteiger partial charge on any atom is 0.282 e. The average Bonchev–Trinajstić information content (AvgIpc) is 2.98. The molecule has 0 saturated carbocycles. The van der Waals surface area contributed by atoms with Crippen molar-refractivity contribution in [3.63, 3.8) is 0 Å². The predicted octanol–water partition coefficient (Wildman–Crippen LogP) is 3.71. The van der Waals surface area contributed by atoms with Gasteiger partial charge >= 0.3 is 0 Å². The van der Waals surface area contributed by atoms with Crippen LogP contribution in [-0.2, 0) is 4.79 Å². The fourth-order valence-electron chi connectivity index (χ4n) is 3.81. The Hall–Kier alpha value is -3.55. The first-order valence-electron chi connectivity index (χ1n) is 9.42. The van der Waals surface area contributed by atoms with Gasteiger partial charge in [0.05, 0.1) is 4.92 Å². The number of nitro benzene ring substituents is 1. The molecule has 7 nitrogen and oxygen atoms in total. The molecule has 0 unspecified atom stereocenters. The van der Waals surface area contributed by atoms with Crippen LogP contribution in [0.1, 0.15) is 29.8 Å². The lowest BCUT2D eigenvalue weighted by atomic mass is 9.99. The Morgan fingerprint density at radius 3 is 2.40 bits per heavy atom. The highest BCUT2D eigenvalue weighted by atomic mass is 19.1. The SMILES string of the molecule is C=C(c1ccccc1)[C@@H]1N(C)C(=O)[C@H](C(C)C)N1C(=O)c1cc(F)ccc1[N+](=O)[O-]. The van der Waals surface area contributed by atoms with Gasteiger partial charge in [0, 0.05) is 13.1 Å². The molecule has 3 rings (SSSR count). The molecule has 0 radical (unpaired) electrons. The minimum Gasteiger partial charge on any atom is -0.319 e. The Kier molecular flexibility index (Phi) is 5.69. The van der Waals surface area contributed by atoms with Crippen molar-refractivity contribution >= 4 is 23.1 Å². The lowest BCUT2D eigenvalue weighted by Gasteiger charge is -2.32. The van der Waals surface area contributed by atoms with Crippen LogP contribution in [0.3, 0.4) is 0 Å². The summed E-state index contributed by atoms with van der Waals surface area (Å²) in [5.74, 6) is -2.15. The van der Waals surface area contributed by atoms with Gasteiger partial charge in [-0.05, 0) is 29.2 Å². The van der Waals surface area contributed by atoms with Crippen LogP contribution in [0.5, 0.6) is 0 Å². The van der Waals surface area contributed by atoms with Crippen molar-refractivity contribution < 1.29 is 18.9 Å². The summed E-state index contributed by atoms with van der Waals surface area (Å²) in [5, 5.41) is 11.5. The number of rotatable bonds is 5. The Bertz CT molecular complexity index is 1020. The number of carbonyl (C=O) groups excluding carboxylic acids is 2. The average molecular weight is 411 g/mol. The Balaban J connectivity index is 2.15. The van der Waals surface area contributed by atoms with E-state index in [0.717, 1.165) is 23.8 Å². The highest BCUT2D eigenvalue weighted by Gasteiger charge is 2.50. The van der Waals surface area contributed by atoms with E-state index in [1.807, 2.05) is 6.07 Å². The first kappa shape index (κ1) is 21.2. The molecule has 1 heterocycles. The van der Waals surface area contributed by atoms with Gasteiger partial charge in [-0.3, -0.25) is 19.7 Å². The van der Waals surface area contributed by atoms with Crippen LogP contribution in [0.15, 0.2) is 55.1 Å². The highest BCUT2D eigenvalue weighted by Crippen LogP contribution is 2.36. The van der Waals surface area contributed by atoms with E-state index in [1.54, 1.807) is 45.2 Å². The van der Waals surface area contributed by atoms with E-state index in [2.05, 4.69) is 6.58 Å². The van der Waals surface area contributed by atoms with Gasteiger partial charge in [-0.2, -0.15) is 0 Å². The van der Waals surface area contributed by atoms with E-state index in [0.29, 0.717) is 5.57 Å². The van der Waals surface area contributed by atoms with Gasteiger partial charge in [0.1, 0.15) is 23.6 Å². The molecule has 2 aromatic carbocycles. The maximum atomic E-state index is 13.9. The fourth-order valence-corrected chi connectivity index (χ4v) is 3.81. The summed E-state index contributed by atoms with van der Waals surface area (Å²) in [6.07, 6.45) is -0.859. The first-order chi connectivity index (χ1) is 14.1.